The molecule has 1 atom stereocenters. The molecule has 3 heteroatoms. The van der Waals surface area contributed by atoms with Crippen LogP contribution in [0.5, 0.6) is 0 Å². The van der Waals surface area contributed by atoms with Crippen LogP contribution in [0.15, 0.2) is 30.3 Å². The van der Waals surface area contributed by atoms with Crippen LogP contribution in [0, 0.1) is 0 Å². The molecule has 16 heavy (non-hydrogen) atoms. The average molecular weight is 240 g/mol. The van der Waals surface area contributed by atoms with Crippen molar-refractivity contribution in [3.63, 3.8) is 0 Å². The number of rotatable bonds is 4. The van der Waals surface area contributed by atoms with Gasteiger partial charge in [-0.2, -0.15) is 0 Å². The number of carbonyl (C=O) groups excluding carboxylic acids is 1. The van der Waals surface area contributed by atoms with Crippen LogP contribution in [0.25, 0.3) is 0 Å². The molecule has 1 unspecified atom stereocenters. The highest BCUT2D eigenvalue weighted by Gasteiger charge is 2.21. The fourth-order valence-corrected chi connectivity index (χ4v) is 1.65. The maximum absolute atomic E-state index is 11.9. The lowest BCUT2D eigenvalue weighted by Crippen LogP contribution is -2.40. The summed E-state index contributed by atoms with van der Waals surface area (Å²) in [6.45, 7) is 6.33. The van der Waals surface area contributed by atoms with E-state index in [9.17, 15) is 4.79 Å². The summed E-state index contributed by atoms with van der Waals surface area (Å²) in [5.41, 5.74) is 1.13. The molecule has 0 heterocycles. The predicted molar refractivity (Wildman–Crippen MR) is 67.4 cm³/mol. The Morgan fingerprint density at radius 2 is 1.81 bits per heavy atom. The normalized spacial score (nSPS) is 12.6. The molecule has 1 aromatic rings. The van der Waals surface area contributed by atoms with Crippen LogP contribution >= 0.6 is 11.6 Å². The van der Waals surface area contributed by atoms with Crippen molar-refractivity contribution >= 4 is 17.5 Å². The third-order valence-electron chi connectivity index (χ3n) is 2.44. The van der Waals surface area contributed by atoms with Crippen molar-refractivity contribution in [3.8, 4) is 0 Å². The van der Waals surface area contributed by atoms with E-state index in [4.69, 9.17) is 11.6 Å². The second-order valence-corrected chi connectivity index (χ2v) is 4.82. The number of carbonyl (C=O) groups is 1. The van der Waals surface area contributed by atoms with Crippen LogP contribution in [-0.2, 0) is 11.3 Å². The average Bonchev–Trinajstić information content (AvgIpc) is 2.26. The lowest BCUT2D eigenvalue weighted by molar-refractivity contribution is -0.132. The Morgan fingerprint density at radius 1 is 1.25 bits per heavy atom. The summed E-state index contributed by atoms with van der Waals surface area (Å²) < 4.78 is 0. The van der Waals surface area contributed by atoms with Crippen LogP contribution in [0.4, 0.5) is 0 Å². The van der Waals surface area contributed by atoms with Crippen molar-refractivity contribution in [1.29, 1.82) is 0 Å². The standard InChI is InChI=1S/C13H18ClNO/c1-10(2)15(13(16)11(3)14)9-12-7-5-4-6-8-12/h4-8,10-11H,9H2,1-3H3. The number of alkyl halides is 1. The summed E-state index contributed by atoms with van der Waals surface area (Å²) in [5.74, 6) is -0.0134. The van der Waals surface area contributed by atoms with E-state index in [0.717, 1.165) is 5.56 Å². The zero-order chi connectivity index (χ0) is 12.1. The van der Waals surface area contributed by atoms with E-state index in [2.05, 4.69) is 0 Å². The molecule has 0 aliphatic heterocycles. The van der Waals surface area contributed by atoms with Gasteiger partial charge >= 0.3 is 0 Å². The van der Waals surface area contributed by atoms with Gasteiger partial charge < -0.3 is 4.90 Å². The first-order chi connectivity index (χ1) is 7.52. The van der Waals surface area contributed by atoms with E-state index in [1.165, 1.54) is 0 Å². The van der Waals surface area contributed by atoms with E-state index in [1.54, 1.807) is 11.8 Å². The zero-order valence-corrected chi connectivity index (χ0v) is 10.7. The monoisotopic (exact) mass is 239 g/mol. The smallest absolute Gasteiger partial charge is 0.240 e. The van der Waals surface area contributed by atoms with E-state index >= 15 is 0 Å². The lowest BCUT2D eigenvalue weighted by Gasteiger charge is -2.28. The number of halogens is 1. The summed E-state index contributed by atoms with van der Waals surface area (Å²) >= 11 is 5.84. The fourth-order valence-electron chi connectivity index (χ4n) is 1.52. The summed E-state index contributed by atoms with van der Waals surface area (Å²) in [5, 5.41) is -0.467. The molecule has 0 aromatic heterocycles. The molecule has 2 nitrogen and oxygen atoms in total. The minimum absolute atomic E-state index is 0.0134. The van der Waals surface area contributed by atoms with Crippen LogP contribution < -0.4 is 0 Å². The van der Waals surface area contributed by atoms with Crippen molar-refractivity contribution < 1.29 is 4.79 Å². The summed E-state index contributed by atoms with van der Waals surface area (Å²) in [6.07, 6.45) is 0. The Hall–Kier alpha value is -1.02. The number of hydrogen-bond acceptors (Lipinski definition) is 1. The molecule has 0 fully saturated rings. The van der Waals surface area contributed by atoms with Gasteiger partial charge in [0.2, 0.25) is 5.91 Å². The van der Waals surface area contributed by atoms with Gasteiger partial charge in [0.15, 0.2) is 0 Å². The van der Waals surface area contributed by atoms with Gasteiger partial charge in [-0.25, -0.2) is 0 Å². The summed E-state index contributed by atoms with van der Waals surface area (Å²) in [6, 6.07) is 10.1. The van der Waals surface area contributed by atoms with Crippen LogP contribution in [0.1, 0.15) is 26.3 Å². The summed E-state index contributed by atoms with van der Waals surface area (Å²) in [7, 11) is 0. The summed E-state index contributed by atoms with van der Waals surface area (Å²) in [4.78, 5) is 13.7. The quantitative estimate of drug-likeness (QED) is 0.740. The Bertz CT molecular complexity index is 335. The lowest BCUT2D eigenvalue weighted by atomic mass is 10.2. The third-order valence-corrected chi connectivity index (χ3v) is 2.63. The molecule has 0 N–H and O–H groups in total. The largest absolute Gasteiger partial charge is 0.335 e. The van der Waals surface area contributed by atoms with Gasteiger partial charge in [-0.3, -0.25) is 4.79 Å². The van der Waals surface area contributed by atoms with Gasteiger partial charge in [0, 0.05) is 12.6 Å². The molecule has 1 amide bonds. The first-order valence-corrected chi connectivity index (χ1v) is 5.94. The number of amides is 1. The highest BCUT2D eigenvalue weighted by Crippen LogP contribution is 2.11. The predicted octanol–water partition coefficient (Wildman–Crippen LogP) is 3.05. The van der Waals surface area contributed by atoms with Gasteiger partial charge in [-0.1, -0.05) is 30.3 Å². The van der Waals surface area contributed by atoms with Crippen molar-refractivity contribution in [2.45, 2.75) is 38.7 Å². The highest BCUT2D eigenvalue weighted by atomic mass is 35.5. The minimum Gasteiger partial charge on any atom is -0.335 e. The van der Waals surface area contributed by atoms with Gasteiger partial charge in [0.25, 0.3) is 0 Å². The SMILES string of the molecule is CC(Cl)C(=O)N(Cc1ccccc1)C(C)C. The second kappa shape index (κ2) is 5.90. The molecule has 0 bridgehead atoms. The molecule has 0 radical (unpaired) electrons. The molecule has 0 aliphatic rings. The van der Waals surface area contributed by atoms with Crippen molar-refractivity contribution in [1.82, 2.24) is 4.90 Å². The zero-order valence-electron chi connectivity index (χ0n) is 9.98. The second-order valence-electron chi connectivity index (χ2n) is 4.16. The minimum atomic E-state index is -0.467. The van der Waals surface area contributed by atoms with Crippen LogP contribution in [0.2, 0.25) is 0 Å². The molecule has 0 saturated heterocycles. The topological polar surface area (TPSA) is 20.3 Å². The third kappa shape index (κ3) is 3.53. The van der Waals surface area contributed by atoms with E-state index in [1.807, 2.05) is 44.2 Å². The molecule has 0 spiro atoms. The Morgan fingerprint density at radius 3 is 2.25 bits per heavy atom. The first kappa shape index (κ1) is 13.0. The number of benzene rings is 1. The van der Waals surface area contributed by atoms with Crippen LogP contribution in [0.3, 0.4) is 0 Å². The maximum Gasteiger partial charge on any atom is 0.240 e. The fraction of sp³-hybridized carbons (Fsp3) is 0.462. The molecular formula is C13H18ClNO. The van der Waals surface area contributed by atoms with Gasteiger partial charge in [0.05, 0.1) is 0 Å². The van der Waals surface area contributed by atoms with Crippen molar-refractivity contribution in [3.05, 3.63) is 35.9 Å². The maximum atomic E-state index is 11.9. The Kier molecular flexibility index (Phi) is 4.81. The first-order valence-electron chi connectivity index (χ1n) is 5.51. The molecule has 1 aromatic carbocycles. The van der Waals surface area contributed by atoms with Crippen molar-refractivity contribution in [2.24, 2.45) is 0 Å². The van der Waals surface area contributed by atoms with Gasteiger partial charge in [-0.05, 0) is 26.3 Å². The van der Waals surface area contributed by atoms with Gasteiger partial charge in [-0.15, -0.1) is 11.6 Å². The van der Waals surface area contributed by atoms with Crippen molar-refractivity contribution in [2.75, 3.05) is 0 Å². The van der Waals surface area contributed by atoms with Crippen LogP contribution in [-0.4, -0.2) is 22.2 Å². The molecular weight excluding hydrogens is 222 g/mol. The molecule has 0 aliphatic carbocycles. The van der Waals surface area contributed by atoms with E-state index < -0.39 is 5.38 Å². The molecule has 1 rings (SSSR count). The van der Waals surface area contributed by atoms with E-state index in [0.29, 0.717) is 6.54 Å². The number of nitrogens with zero attached hydrogens (tertiary/aromatic N) is 1. The Balaban J connectivity index is 2.77. The molecule has 88 valence electrons. The van der Waals surface area contributed by atoms with E-state index in [-0.39, 0.29) is 11.9 Å². The Labute approximate surface area is 102 Å². The molecule has 0 saturated carbocycles. The highest BCUT2D eigenvalue weighted by molar-refractivity contribution is 6.30. The number of hydrogen-bond donors (Lipinski definition) is 0. The van der Waals surface area contributed by atoms with Gasteiger partial charge in [0.1, 0.15) is 5.38 Å².